The highest BCUT2D eigenvalue weighted by molar-refractivity contribution is 7.08. The molecule has 0 saturated heterocycles. The number of methoxy groups -OCH3 is 1. The molecule has 0 amide bonds. The summed E-state index contributed by atoms with van der Waals surface area (Å²) in [5, 5.41) is 3.73. The summed E-state index contributed by atoms with van der Waals surface area (Å²) in [7, 11) is 1.33. The first-order chi connectivity index (χ1) is 8.93. The van der Waals surface area contributed by atoms with Crippen molar-refractivity contribution in [2.45, 2.75) is 12.2 Å². The van der Waals surface area contributed by atoms with Crippen LogP contribution >= 0.6 is 11.3 Å². The van der Waals surface area contributed by atoms with Gasteiger partial charge in [-0.05, 0) is 34.5 Å². The second kappa shape index (κ2) is 5.22. The van der Waals surface area contributed by atoms with Crippen LogP contribution in [0.5, 0.6) is 5.75 Å². The molecule has 0 saturated carbocycles. The first-order valence-electron chi connectivity index (χ1n) is 5.46. The van der Waals surface area contributed by atoms with Gasteiger partial charge >= 0.3 is 6.18 Å². The smallest absolute Gasteiger partial charge is 0.416 e. The zero-order chi connectivity index (χ0) is 14.0. The van der Waals surface area contributed by atoms with E-state index in [1.807, 2.05) is 16.8 Å². The van der Waals surface area contributed by atoms with Crippen molar-refractivity contribution >= 4 is 11.3 Å². The van der Waals surface area contributed by atoms with Crippen molar-refractivity contribution < 1.29 is 17.9 Å². The Morgan fingerprint density at radius 2 is 2.00 bits per heavy atom. The number of alkyl halides is 3. The summed E-state index contributed by atoms with van der Waals surface area (Å²) >= 11 is 1.48. The highest BCUT2D eigenvalue weighted by atomic mass is 32.1. The summed E-state index contributed by atoms with van der Waals surface area (Å²) in [6.45, 7) is 0. The molecule has 0 fully saturated rings. The molecular formula is C13H12F3NOS. The number of rotatable bonds is 3. The van der Waals surface area contributed by atoms with Gasteiger partial charge in [0.2, 0.25) is 0 Å². The van der Waals surface area contributed by atoms with Crippen LogP contribution in [-0.2, 0) is 6.18 Å². The molecule has 2 nitrogen and oxygen atoms in total. The van der Waals surface area contributed by atoms with Gasteiger partial charge < -0.3 is 10.5 Å². The number of halogens is 3. The van der Waals surface area contributed by atoms with Gasteiger partial charge in [-0.2, -0.15) is 24.5 Å². The molecule has 1 heterocycles. The van der Waals surface area contributed by atoms with E-state index in [1.165, 1.54) is 24.5 Å². The Balaban J connectivity index is 2.42. The van der Waals surface area contributed by atoms with Gasteiger partial charge in [0, 0.05) is 5.56 Å². The van der Waals surface area contributed by atoms with Crippen LogP contribution in [0.15, 0.2) is 35.0 Å². The maximum absolute atomic E-state index is 12.6. The first kappa shape index (κ1) is 13.9. The van der Waals surface area contributed by atoms with Crippen molar-refractivity contribution in [3.8, 4) is 5.75 Å². The zero-order valence-electron chi connectivity index (χ0n) is 10.1. The minimum Gasteiger partial charge on any atom is -0.496 e. The lowest BCUT2D eigenvalue weighted by Crippen LogP contribution is -2.13. The van der Waals surface area contributed by atoms with Gasteiger partial charge in [0.25, 0.3) is 0 Å². The Labute approximate surface area is 112 Å². The van der Waals surface area contributed by atoms with Gasteiger partial charge in [-0.25, -0.2) is 0 Å². The summed E-state index contributed by atoms with van der Waals surface area (Å²) in [6, 6.07) is 4.70. The van der Waals surface area contributed by atoms with E-state index in [0.717, 1.165) is 17.7 Å². The molecule has 0 aliphatic carbocycles. The third kappa shape index (κ3) is 2.90. The van der Waals surface area contributed by atoms with E-state index in [1.54, 1.807) is 0 Å². The largest absolute Gasteiger partial charge is 0.496 e. The van der Waals surface area contributed by atoms with E-state index < -0.39 is 17.8 Å². The van der Waals surface area contributed by atoms with E-state index in [0.29, 0.717) is 5.56 Å². The quantitative estimate of drug-likeness (QED) is 0.931. The molecule has 0 radical (unpaired) electrons. The van der Waals surface area contributed by atoms with Crippen LogP contribution in [0.4, 0.5) is 13.2 Å². The molecule has 1 aromatic heterocycles. The molecule has 0 unspecified atom stereocenters. The Hall–Kier alpha value is -1.53. The maximum atomic E-state index is 12.6. The van der Waals surface area contributed by atoms with E-state index >= 15 is 0 Å². The van der Waals surface area contributed by atoms with E-state index in [4.69, 9.17) is 10.5 Å². The van der Waals surface area contributed by atoms with Crippen molar-refractivity contribution in [2.24, 2.45) is 5.73 Å². The summed E-state index contributed by atoms with van der Waals surface area (Å²) in [5.74, 6) is 0.147. The third-order valence-corrected chi connectivity index (χ3v) is 3.50. The zero-order valence-corrected chi connectivity index (χ0v) is 10.9. The second-order valence-electron chi connectivity index (χ2n) is 3.99. The van der Waals surface area contributed by atoms with Crippen molar-refractivity contribution in [3.05, 3.63) is 51.7 Å². The first-order valence-corrected chi connectivity index (χ1v) is 6.40. The van der Waals surface area contributed by atoms with Gasteiger partial charge in [0.05, 0.1) is 18.7 Å². The van der Waals surface area contributed by atoms with Crippen molar-refractivity contribution in [1.29, 1.82) is 0 Å². The monoisotopic (exact) mass is 287 g/mol. The van der Waals surface area contributed by atoms with Crippen molar-refractivity contribution in [2.75, 3.05) is 7.11 Å². The highest BCUT2D eigenvalue weighted by Crippen LogP contribution is 2.36. The Morgan fingerprint density at radius 1 is 1.26 bits per heavy atom. The molecule has 0 bridgehead atoms. The standard InChI is InChI=1S/C13H12F3NOS/c1-18-11-6-9(13(14,15)16)2-3-10(11)12(17)8-4-5-19-7-8/h2-7,12H,17H2,1H3/t12-/m0/s1. The molecule has 6 heteroatoms. The normalized spacial score (nSPS) is 13.3. The maximum Gasteiger partial charge on any atom is 0.416 e. The number of thiophene rings is 1. The van der Waals surface area contributed by atoms with Gasteiger partial charge in [0.15, 0.2) is 0 Å². The SMILES string of the molecule is COc1cc(C(F)(F)F)ccc1[C@@H](N)c1ccsc1. The Morgan fingerprint density at radius 3 is 2.53 bits per heavy atom. The molecule has 1 aromatic carbocycles. The fourth-order valence-corrected chi connectivity index (χ4v) is 2.47. The van der Waals surface area contributed by atoms with E-state index in [9.17, 15) is 13.2 Å². The molecule has 0 spiro atoms. The van der Waals surface area contributed by atoms with Gasteiger partial charge in [0.1, 0.15) is 5.75 Å². The predicted molar refractivity (Wildman–Crippen MR) is 68.3 cm³/mol. The number of hydrogen-bond acceptors (Lipinski definition) is 3. The number of benzene rings is 1. The van der Waals surface area contributed by atoms with Gasteiger partial charge in [-0.3, -0.25) is 0 Å². The van der Waals surface area contributed by atoms with Crippen LogP contribution in [0.1, 0.15) is 22.7 Å². The molecule has 1 atom stereocenters. The average Bonchev–Trinajstić information content (AvgIpc) is 2.90. The Bertz CT molecular complexity index is 552. The van der Waals surface area contributed by atoms with Gasteiger partial charge in [-0.1, -0.05) is 6.07 Å². The molecule has 102 valence electrons. The van der Waals surface area contributed by atoms with Crippen LogP contribution in [0, 0.1) is 0 Å². The third-order valence-electron chi connectivity index (χ3n) is 2.80. The fraction of sp³-hybridized carbons (Fsp3) is 0.231. The lowest BCUT2D eigenvalue weighted by atomic mass is 9.99. The molecule has 0 aliphatic rings. The molecule has 2 N–H and O–H groups in total. The van der Waals surface area contributed by atoms with E-state index in [2.05, 4.69) is 0 Å². The van der Waals surface area contributed by atoms with Crippen LogP contribution in [0.3, 0.4) is 0 Å². The highest BCUT2D eigenvalue weighted by Gasteiger charge is 2.31. The topological polar surface area (TPSA) is 35.2 Å². The summed E-state index contributed by atoms with van der Waals surface area (Å²) in [6.07, 6.45) is -4.39. The van der Waals surface area contributed by atoms with Crippen LogP contribution in [0.25, 0.3) is 0 Å². The number of hydrogen-bond donors (Lipinski definition) is 1. The predicted octanol–water partition coefficient (Wildman–Crippen LogP) is 3.82. The van der Waals surface area contributed by atoms with Crippen molar-refractivity contribution in [1.82, 2.24) is 0 Å². The molecule has 2 rings (SSSR count). The summed E-state index contributed by atoms with van der Waals surface area (Å²) in [4.78, 5) is 0. The van der Waals surface area contributed by atoms with Crippen LogP contribution in [-0.4, -0.2) is 7.11 Å². The molecule has 0 aliphatic heterocycles. The Kier molecular flexibility index (Phi) is 3.82. The second-order valence-corrected chi connectivity index (χ2v) is 4.77. The van der Waals surface area contributed by atoms with Crippen LogP contribution < -0.4 is 10.5 Å². The minimum atomic E-state index is -4.39. The van der Waals surface area contributed by atoms with Crippen LogP contribution in [0.2, 0.25) is 0 Å². The minimum absolute atomic E-state index is 0.147. The lowest BCUT2D eigenvalue weighted by Gasteiger charge is -2.17. The fourth-order valence-electron chi connectivity index (χ4n) is 1.78. The summed E-state index contributed by atoms with van der Waals surface area (Å²) < 4.78 is 42.9. The molecule has 2 aromatic rings. The molecule has 19 heavy (non-hydrogen) atoms. The van der Waals surface area contributed by atoms with E-state index in [-0.39, 0.29) is 5.75 Å². The lowest BCUT2D eigenvalue weighted by molar-refractivity contribution is -0.137. The number of nitrogens with two attached hydrogens (primary N) is 1. The molecular weight excluding hydrogens is 275 g/mol. The summed E-state index contributed by atoms with van der Waals surface area (Å²) in [5.41, 5.74) is 6.68. The van der Waals surface area contributed by atoms with Crippen molar-refractivity contribution in [3.63, 3.8) is 0 Å². The van der Waals surface area contributed by atoms with Gasteiger partial charge in [-0.15, -0.1) is 0 Å². The number of ether oxygens (including phenoxy) is 1. The average molecular weight is 287 g/mol.